The number of carbonyl (C=O) groups excluding carboxylic acids is 1. The number of thiophene rings is 1. The maximum Gasteiger partial charge on any atom is 0.279 e. The van der Waals surface area contributed by atoms with Gasteiger partial charge in [0.2, 0.25) is 5.91 Å². The Kier molecular flexibility index (Phi) is 3.63. The summed E-state index contributed by atoms with van der Waals surface area (Å²) >= 11 is 1.42. The summed E-state index contributed by atoms with van der Waals surface area (Å²) in [4.78, 5) is 33.8. The van der Waals surface area contributed by atoms with E-state index in [9.17, 15) is 9.59 Å². The average molecular weight is 316 g/mol. The summed E-state index contributed by atoms with van der Waals surface area (Å²) in [6.45, 7) is 3.56. The lowest BCUT2D eigenvalue weighted by molar-refractivity contribution is -0.117. The zero-order valence-electron chi connectivity index (χ0n) is 11.9. The van der Waals surface area contributed by atoms with Crippen LogP contribution in [0, 0.1) is 13.8 Å². The van der Waals surface area contributed by atoms with E-state index in [1.165, 1.54) is 29.9 Å². The molecule has 8 nitrogen and oxygen atoms in total. The van der Waals surface area contributed by atoms with Crippen LogP contribution in [-0.4, -0.2) is 30.9 Å². The molecular weight excluding hydrogens is 304 g/mol. The van der Waals surface area contributed by atoms with Crippen LogP contribution < -0.4 is 10.9 Å². The Bertz CT molecular complexity index is 902. The van der Waals surface area contributed by atoms with Crippen molar-refractivity contribution < 1.29 is 4.79 Å². The molecule has 3 aromatic rings. The van der Waals surface area contributed by atoms with E-state index in [1.807, 2.05) is 13.8 Å². The van der Waals surface area contributed by atoms with Crippen molar-refractivity contribution in [2.75, 3.05) is 5.32 Å². The molecule has 0 aliphatic carbocycles. The van der Waals surface area contributed by atoms with Gasteiger partial charge in [-0.15, -0.1) is 16.4 Å². The van der Waals surface area contributed by atoms with Crippen LogP contribution >= 0.6 is 11.3 Å². The number of fused-ring (bicyclic) bond motifs is 1. The molecule has 0 aliphatic rings. The first kappa shape index (κ1) is 14.3. The molecule has 112 valence electrons. The molecule has 1 N–H and O–H groups in total. The molecule has 0 bridgehead atoms. The Morgan fingerprint density at radius 1 is 1.36 bits per heavy atom. The third-order valence-electron chi connectivity index (χ3n) is 3.18. The number of amides is 1. The van der Waals surface area contributed by atoms with Crippen molar-refractivity contribution in [1.82, 2.24) is 25.0 Å². The Hall–Kier alpha value is -2.68. The molecule has 22 heavy (non-hydrogen) atoms. The summed E-state index contributed by atoms with van der Waals surface area (Å²) in [7, 11) is 0. The monoisotopic (exact) mass is 316 g/mol. The average Bonchev–Trinajstić information content (AvgIpc) is 2.79. The Morgan fingerprint density at radius 2 is 2.18 bits per heavy atom. The van der Waals surface area contributed by atoms with Gasteiger partial charge in [-0.05, 0) is 19.4 Å². The summed E-state index contributed by atoms with van der Waals surface area (Å²) in [6.07, 6.45) is 4.38. The first-order valence-corrected chi connectivity index (χ1v) is 7.27. The summed E-state index contributed by atoms with van der Waals surface area (Å²) in [5, 5.41) is 10.9. The Balaban J connectivity index is 1.88. The molecule has 0 unspecified atom stereocenters. The highest BCUT2D eigenvalue weighted by Gasteiger charge is 2.15. The maximum absolute atomic E-state index is 12.4. The summed E-state index contributed by atoms with van der Waals surface area (Å²) in [5.41, 5.74) is 0.559. The van der Waals surface area contributed by atoms with Crippen LogP contribution in [0.5, 0.6) is 0 Å². The molecule has 0 spiro atoms. The molecule has 3 heterocycles. The van der Waals surface area contributed by atoms with Gasteiger partial charge in [0.05, 0.1) is 11.6 Å². The molecule has 3 rings (SSSR count). The molecule has 0 radical (unpaired) electrons. The van der Waals surface area contributed by atoms with Gasteiger partial charge in [0.1, 0.15) is 6.54 Å². The number of hydrogen-bond acceptors (Lipinski definition) is 7. The van der Waals surface area contributed by atoms with Crippen molar-refractivity contribution in [1.29, 1.82) is 0 Å². The molecule has 3 aromatic heterocycles. The van der Waals surface area contributed by atoms with E-state index in [-0.39, 0.29) is 12.1 Å². The lowest BCUT2D eigenvalue weighted by Gasteiger charge is -2.05. The Morgan fingerprint density at radius 3 is 2.91 bits per heavy atom. The van der Waals surface area contributed by atoms with E-state index >= 15 is 0 Å². The fourth-order valence-corrected chi connectivity index (χ4v) is 2.95. The SMILES string of the molecule is Cc1sc2nnn(CC(=O)Nc3cnccn3)c(=O)c2c1C. The lowest BCUT2D eigenvalue weighted by Crippen LogP contribution is -2.30. The van der Waals surface area contributed by atoms with Crippen molar-refractivity contribution in [3.05, 3.63) is 39.4 Å². The van der Waals surface area contributed by atoms with Crippen LogP contribution in [0.1, 0.15) is 10.4 Å². The number of carbonyl (C=O) groups is 1. The van der Waals surface area contributed by atoms with E-state index in [2.05, 4.69) is 25.6 Å². The third-order valence-corrected chi connectivity index (χ3v) is 4.27. The van der Waals surface area contributed by atoms with E-state index in [0.717, 1.165) is 15.1 Å². The van der Waals surface area contributed by atoms with Crippen molar-refractivity contribution in [2.24, 2.45) is 0 Å². The predicted octanol–water partition coefficient (Wildman–Crippen LogP) is 0.899. The van der Waals surface area contributed by atoms with Crippen LogP contribution in [0.3, 0.4) is 0 Å². The zero-order chi connectivity index (χ0) is 15.7. The summed E-state index contributed by atoms with van der Waals surface area (Å²) in [6, 6.07) is 0. The molecule has 0 fully saturated rings. The largest absolute Gasteiger partial charge is 0.308 e. The third kappa shape index (κ3) is 2.58. The fourth-order valence-electron chi connectivity index (χ4n) is 1.98. The molecule has 1 amide bonds. The number of aromatic nitrogens is 5. The second-order valence-electron chi connectivity index (χ2n) is 4.65. The minimum absolute atomic E-state index is 0.229. The van der Waals surface area contributed by atoms with Crippen molar-refractivity contribution in [3.8, 4) is 0 Å². The highest BCUT2D eigenvalue weighted by Crippen LogP contribution is 2.24. The van der Waals surface area contributed by atoms with Gasteiger partial charge in [0.25, 0.3) is 5.56 Å². The molecule has 0 saturated heterocycles. The summed E-state index contributed by atoms with van der Waals surface area (Å²) in [5.74, 6) is -0.0991. The van der Waals surface area contributed by atoms with Gasteiger partial charge >= 0.3 is 0 Å². The minimum Gasteiger partial charge on any atom is -0.308 e. The zero-order valence-corrected chi connectivity index (χ0v) is 12.7. The topological polar surface area (TPSA) is 103 Å². The minimum atomic E-state index is -0.416. The highest BCUT2D eigenvalue weighted by atomic mass is 32.1. The van der Waals surface area contributed by atoms with Gasteiger partial charge in [0.15, 0.2) is 10.6 Å². The van der Waals surface area contributed by atoms with E-state index in [1.54, 1.807) is 0 Å². The normalized spacial score (nSPS) is 10.8. The van der Waals surface area contributed by atoms with Gasteiger partial charge in [-0.25, -0.2) is 9.67 Å². The van der Waals surface area contributed by atoms with Crippen molar-refractivity contribution >= 4 is 33.3 Å². The molecule has 9 heteroatoms. The maximum atomic E-state index is 12.4. The second kappa shape index (κ2) is 5.60. The number of nitrogens with zero attached hydrogens (tertiary/aromatic N) is 5. The molecule has 0 saturated carbocycles. The number of nitrogens with one attached hydrogen (secondary N) is 1. The Labute approximate surface area is 128 Å². The van der Waals surface area contributed by atoms with Crippen LogP contribution in [-0.2, 0) is 11.3 Å². The molecule has 0 aromatic carbocycles. The van der Waals surface area contributed by atoms with Gasteiger partial charge in [-0.3, -0.25) is 14.6 Å². The number of anilines is 1. The number of aryl methyl sites for hydroxylation is 2. The number of hydrogen-bond donors (Lipinski definition) is 1. The molecular formula is C13H12N6O2S. The fraction of sp³-hybridized carbons (Fsp3) is 0.231. The van der Waals surface area contributed by atoms with Gasteiger partial charge in [-0.2, -0.15) is 0 Å². The van der Waals surface area contributed by atoms with Crippen LogP contribution in [0.25, 0.3) is 10.2 Å². The predicted molar refractivity (Wildman–Crippen MR) is 81.8 cm³/mol. The number of rotatable bonds is 3. The van der Waals surface area contributed by atoms with Crippen molar-refractivity contribution in [2.45, 2.75) is 20.4 Å². The van der Waals surface area contributed by atoms with E-state index in [4.69, 9.17) is 0 Å². The second-order valence-corrected chi connectivity index (χ2v) is 5.86. The van der Waals surface area contributed by atoms with Gasteiger partial charge in [-0.1, -0.05) is 5.21 Å². The van der Waals surface area contributed by atoms with E-state index < -0.39 is 5.91 Å². The lowest BCUT2D eigenvalue weighted by atomic mass is 10.2. The van der Waals surface area contributed by atoms with E-state index in [0.29, 0.717) is 16.0 Å². The van der Waals surface area contributed by atoms with Crippen molar-refractivity contribution in [3.63, 3.8) is 0 Å². The first-order chi connectivity index (χ1) is 10.6. The molecule has 0 atom stereocenters. The quantitative estimate of drug-likeness (QED) is 0.770. The van der Waals surface area contributed by atoms with Gasteiger partial charge < -0.3 is 5.32 Å². The van der Waals surface area contributed by atoms with Gasteiger partial charge in [0, 0.05) is 17.3 Å². The smallest absolute Gasteiger partial charge is 0.279 e. The highest BCUT2D eigenvalue weighted by molar-refractivity contribution is 7.18. The standard InChI is InChI=1S/C13H12N6O2S/c1-7-8(2)22-12-11(7)13(21)19(18-17-12)6-10(20)16-9-5-14-3-4-15-9/h3-5H,6H2,1-2H3,(H,15,16,20). The van der Waals surface area contributed by atoms with Crippen LogP contribution in [0.2, 0.25) is 0 Å². The summed E-state index contributed by atoms with van der Waals surface area (Å²) < 4.78 is 1.05. The molecule has 0 aliphatic heterocycles. The van der Waals surface area contributed by atoms with Crippen LogP contribution in [0.4, 0.5) is 5.82 Å². The first-order valence-electron chi connectivity index (χ1n) is 6.45. The van der Waals surface area contributed by atoms with Crippen LogP contribution in [0.15, 0.2) is 23.4 Å².